The van der Waals surface area contributed by atoms with Gasteiger partial charge in [-0.2, -0.15) is 5.10 Å². The molecule has 1 unspecified atom stereocenters. The molecule has 154 valence electrons. The number of anilines is 3. The topological polar surface area (TPSA) is 118 Å². The first-order chi connectivity index (χ1) is 14.6. The summed E-state index contributed by atoms with van der Waals surface area (Å²) < 4.78 is 1.54. The third-order valence-electron chi connectivity index (χ3n) is 4.88. The number of hydrogen-bond donors (Lipinski definition) is 2. The smallest absolute Gasteiger partial charge is 0.229 e. The Hall–Kier alpha value is -3.82. The van der Waals surface area contributed by atoms with Crippen molar-refractivity contribution in [3.63, 3.8) is 0 Å². The van der Waals surface area contributed by atoms with E-state index in [9.17, 15) is 9.59 Å². The average Bonchev–Trinajstić information content (AvgIpc) is 3.30. The molecule has 3 aromatic rings. The molecule has 1 aliphatic heterocycles. The van der Waals surface area contributed by atoms with E-state index in [1.165, 1.54) is 13.3 Å². The van der Waals surface area contributed by atoms with Crippen molar-refractivity contribution in [2.24, 2.45) is 5.92 Å². The molecular formula is C20H22N8O2. The summed E-state index contributed by atoms with van der Waals surface area (Å²) in [6.07, 6.45) is 4.72. The Balaban J connectivity index is 1.37. The van der Waals surface area contributed by atoms with E-state index in [1.54, 1.807) is 35.3 Å². The van der Waals surface area contributed by atoms with Crippen molar-refractivity contribution in [2.75, 3.05) is 28.6 Å². The van der Waals surface area contributed by atoms with Gasteiger partial charge in [-0.1, -0.05) is 0 Å². The standard InChI is InChI=1S/C20H22N8O2/c1-14(29)23-16-4-6-17(7-5-16)24-20(30)15-3-2-10-27(11-15)18-8-9-19(26-25-18)28-13-21-12-22-28/h4-9,12-13,15H,2-3,10-11H2,1H3,(H,23,29)(H,24,30). The Kier molecular flexibility index (Phi) is 5.64. The second-order valence-corrected chi connectivity index (χ2v) is 7.12. The third kappa shape index (κ3) is 4.59. The lowest BCUT2D eigenvalue weighted by molar-refractivity contribution is -0.120. The fourth-order valence-electron chi connectivity index (χ4n) is 3.42. The first-order valence-electron chi connectivity index (χ1n) is 9.71. The molecule has 4 rings (SSSR count). The van der Waals surface area contributed by atoms with E-state index < -0.39 is 0 Å². The molecule has 30 heavy (non-hydrogen) atoms. The number of aromatic nitrogens is 5. The Morgan fingerprint density at radius 3 is 2.33 bits per heavy atom. The highest BCUT2D eigenvalue weighted by Crippen LogP contribution is 2.23. The third-order valence-corrected chi connectivity index (χ3v) is 4.88. The maximum Gasteiger partial charge on any atom is 0.229 e. The van der Waals surface area contributed by atoms with Crippen molar-refractivity contribution in [3.8, 4) is 5.82 Å². The predicted octanol–water partition coefficient (Wildman–Crippen LogP) is 1.87. The van der Waals surface area contributed by atoms with E-state index in [4.69, 9.17) is 0 Å². The van der Waals surface area contributed by atoms with Crippen LogP contribution in [0.5, 0.6) is 0 Å². The van der Waals surface area contributed by atoms with Gasteiger partial charge in [0.25, 0.3) is 0 Å². The van der Waals surface area contributed by atoms with Gasteiger partial charge < -0.3 is 15.5 Å². The largest absolute Gasteiger partial charge is 0.354 e. The normalized spacial score (nSPS) is 16.2. The van der Waals surface area contributed by atoms with Gasteiger partial charge in [-0.05, 0) is 49.2 Å². The van der Waals surface area contributed by atoms with Gasteiger partial charge in [-0.15, -0.1) is 10.2 Å². The zero-order chi connectivity index (χ0) is 20.9. The number of amides is 2. The van der Waals surface area contributed by atoms with Crippen LogP contribution in [0.15, 0.2) is 49.1 Å². The maximum absolute atomic E-state index is 12.8. The number of nitrogens with zero attached hydrogens (tertiary/aromatic N) is 6. The molecule has 0 saturated carbocycles. The van der Waals surface area contributed by atoms with Crippen LogP contribution in [0.2, 0.25) is 0 Å². The van der Waals surface area contributed by atoms with E-state index in [2.05, 4.69) is 35.8 Å². The maximum atomic E-state index is 12.8. The van der Waals surface area contributed by atoms with Crippen LogP contribution in [0.25, 0.3) is 5.82 Å². The van der Waals surface area contributed by atoms with E-state index >= 15 is 0 Å². The predicted molar refractivity (Wildman–Crippen MR) is 111 cm³/mol. The number of benzene rings is 1. The molecule has 0 spiro atoms. The minimum atomic E-state index is -0.148. The second kappa shape index (κ2) is 8.68. The van der Waals surface area contributed by atoms with E-state index in [-0.39, 0.29) is 17.7 Å². The van der Waals surface area contributed by atoms with Crippen LogP contribution in [0, 0.1) is 5.92 Å². The van der Waals surface area contributed by atoms with Gasteiger partial charge in [0, 0.05) is 31.4 Å². The summed E-state index contributed by atoms with van der Waals surface area (Å²) in [5, 5.41) is 18.2. The molecule has 1 aliphatic rings. The molecule has 0 bridgehead atoms. The molecule has 10 nitrogen and oxygen atoms in total. The van der Waals surface area contributed by atoms with Crippen LogP contribution in [0.4, 0.5) is 17.2 Å². The van der Waals surface area contributed by atoms with E-state index in [0.717, 1.165) is 25.2 Å². The quantitative estimate of drug-likeness (QED) is 0.664. The molecule has 1 aromatic carbocycles. The van der Waals surface area contributed by atoms with Crippen molar-refractivity contribution < 1.29 is 9.59 Å². The van der Waals surface area contributed by atoms with Crippen molar-refractivity contribution in [1.29, 1.82) is 0 Å². The van der Waals surface area contributed by atoms with Crippen molar-refractivity contribution >= 4 is 29.0 Å². The highest BCUT2D eigenvalue weighted by molar-refractivity contribution is 5.94. The molecule has 1 atom stereocenters. The molecular weight excluding hydrogens is 384 g/mol. The average molecular weight is 406 g/mol. The molecule has 2 amide bonds. The van der Waals surface area contributed by atoms with Gasteiger partial charge in [-0.25, -0.2) is 9.67 Å². The fourth-order valence-corrected chi connectivity index (χ4v) is 3.42. The summed E-state index contributed by atoms with van der Waals surface area (Å²) in [6.45, 7) is 2.86. The monoisotopic (exact) mass is 406 g/mol. The molecule has 3 heterocycles. The lowest BCUT2D eigenvalue weighted by atomic mass is 9.97. The minimum Gasteiger partial charge on any atom is -0.354 e. The summed E-state index contributed by atoms with van der Waals surface area (Å²) in [5.74, 6) is 1.01. The highest BCUT2D eigenvalue weighted by Gasteiger charge is 2.27. The Labute approximate surface area is 173 Å². The molecule has 0 aliphatic carbocycles. The minimum absolute atomic E-state index is 0.0285. The number of carbonyl (C=O) groups is 2. The zero-order valence-corrected chi connectivity index (χ0v) is 16.5. The number of rotatable bonds is 5. The van der Waals surface area contributed by atoms with Crippen molar-refractivity contribution in [1.82, 2.24) is 25.0 Å². The van der Waals surface area contributed by atoms with Gasteiger partial charge in [0.2, 0.25) is 11.8 Å². The van der Waals surface area contributed by atoms with Crippen LogP contribution in [0.1, 0.15) is 19.8 Å². The summed E-state index contributed by atoms with van der Waals surface area (Å²) in [6, 6.07) is 10.8. The Bertz CT molecular complexity index is 1000. The number of nitrogens with one attached hydrogen (secondary N) is 2. The summed E-state index contributed by atoms with van der Waals surface area (Å²) in [7, 11) is 0. The summed E-state index contributed by atoms with van der Waals surface area (Å²) in [5.41, 5.74) is 1.39. The number of hydrogen-bond acceptors (Lipinski definition) is 7. The first kappa shape index (κ1) is 19.5. The number of piperidine rings is 1. The summed E-state index contributed by atoms with van der Waals surface area (Å²) >= 11 is 0. The van der Waals surface area contributed by atoms with Gasteiger partial charge >= 0.3 is 0 Å². The van der Waals surface area contributed by atoms with E-state index in [0.29, 0.717) is 23.7 Å². The summed E-state index contributed by atoms with van der Waals surface area (Å²) in [4.78, 5) is 29.8. The van der Waals surface area contributed by atoms with Crippen LogP contribution in [-0.4, -0.2) is 49.9 Å². The van der Waals surface area contributed by atoms with E-state index in [1.807, 2.05) is 12.1 Å². The lowest BCUT2D eigenvalue weighted by Gasteiger charge is -2.32. The van der Waals surface area contributed by atoms with Gasteiger partial charge in [0.1, 0.15) is 12.7 Å². The van der Waals surface area contributed by atoms with Gasteiger partial charge in [0.05, 0.1) is 5.92 Å². The zero-order valence-electron chi connectivity index (χ0n) is 16.5. The van der Waals surface area contributed by atoms with Gasteiger partial charge in [-0.3, -0.25) is 9.59 Å². The SMILES string of the molecule is CC(=O)Nc1ccc(NC(=O)C2CCCN(c3ccc(-n4cncn4)nn3)C2)cc1. The van der Waals surface area contributed by atoms with Crippen LogP contribution in [-0.2, 0) is 9.59 Å². The highest BCUT2D eigenvalue weighted by atomic mass is 16.2. The van der Waals surface area contributed by atoms with Crippen LogP contribution < -0.4 is 15.5 Å². The Morgan fingerprint density at radius 1 is 1.00 bits per heavy atom. The molecule has 2 aromatic heterocycles. The second-order valence-electron chi connectivity index (χ2n) is 7.12. The molecule has 1 fully saturated rings. The van der Waals surface area contributed by atoms with Crippen molar-refractivity contribution in [2.45, 2.75) is 19.8 Å². The molecule has 1 saturated heterocycles. The molecule has 10 heteroatoms. The lowest BCUT2D eigenvalue weighted by Crippen LogP contribution is -2.41. The molecule has 0 radical (unpaired) electrons. The Morgan fingerprint density at radius 2 is 1.70 bits per heavy atom. The number of carbonyl (C=O) groups excluding carboxylic acids is 2. The first-order valence-corrected chi connectivity index (χ1v) is 9.71. The molecule has 2 N–H and O–H groups in total. The van der Waals surface area contributed by atoms with Crippen LogP contribution in [0.3, 0.4) is 0 Å². The van der Waals surface area contributed by atoms with Crippen LogP contribution >= 0.6 is 0 Å². The van der Waals surface area contributed by atoms with Gasteiger partial charge in [0.15, 0.2) is 11.6 Å². The van der Waals surface area contributed by atoms with Crippen molar-refractivity contribution in [3.05, 3.63) is 49.1 Å². The fraction of sp³-hybridized carbons (Fsp3) is 0.300.